The number of hydrogen-bond donors (Lipinski definition) is 1. The van der Waals surface area contributed by atoms with Gasteiger partial charge in [-0.2, -0.15) is 0 Å². The van der Waals surface area contributed by atoms with Gasteiger partial charge in [0.1, 0.15) is 6.04 Å². The van der Waals surface area contributed by atoms with Crippen LogP contribution in [0.5, 0.6) is 0 Å². The fraction of sp³-hybridized carbons (Fsp3) is 0.429. The van der Waals surface area contributed by atoms with E-state index in [4.69, 9.17) is 4.42 Å². The second-order valence-electron chi connectivity index (χ2n) is 5.13. The molecule has 1 aliphatic heterocycles. The van der Waals surface area contributed by atoms with Gasteiger partial charge >= 0.3 is 0 Å². The van der Waals surface area contributed by atoms with Crippen molar-refractivity contribution in [1.82, 2.24) is 14.9 Å². The third-order valence-corrected chi connectivity index (χ3v) is 4.27. The molecule has 2 aromatic rings. The molecule has 1 N–H and O–H groups in total. The number of aryl methyl sites for hydroxylation is 2. The lowest BCUT2D eigenvalue weighted by molar-refractivity contribution is -0.119. The summed E-state index contributed by atoms with van der Waals surface area (Å²) in [5, 5.41) is 5.07. The normalized spacial score (nSPS) is 17.7. The average molecular weight is 320 g/mol. The number of nitrogens with one attached hydrogen (secondary N) is 1. The highest BCUT2D eigenvalue weighted by Gasteiger charge is 2.36. The summed E-state index contributed by atoms with van der Waals surface area (Å²) in [7, 11) is 0. The van der Waals surface area contributed by atoms with Crippen molar-refractivity contribution in [2.45, 2.75) is 32.7 Å². The Morgan fingerprint density at radius 2 is 2.27 bits per heavy atom. The van der Waals surface area contributed by atoms with Gasteiger partial charge in [-0.15, -0.1) is 11.3 Å². The first-order chi connectivity index (χ1) is 10.6. The van der Waals surface area contributed by atoms with Gasteiger partial charge in [-0.05, 0) is 19.8 Å². The maximum atomic E-state index is 12.6. The van der Waals surface area contributed by atoms with Crippen LogP contribution in [0.25, 0.3) is 0 Å². The van der Waals surface area contributed by atoms with Crippen LogP contribution in [-0.4, -0.2) is 39.3 Å². The van der Waals surface area contributed by atoms with Crippen molar-refractivity contribution < 1.29 is 14.0 Å². The molecule has 1 aliphatic rings. The van der Waals surface area contributed by atoms with Crippen molar-refractivity contribution in [2.75, 3.05) is 11.9 Å². The summed E-state index contributed by atoms with van der Waals surface area (Å²) >= 11 is 1.35. The summed E-state index contributed by atoms with van der Waals surface area (Å²) in [6.45, 7) is 3.96. The number of carbonyl (C=O) groups excluding carboxylic acids is 2. The third-order valence-electron chi connectivity index (χ3n) is 3.58. The number of anilines is 1. The van der Waals surface area contributed by atoms with Gasteiger partial charge in [0.05, 0.1) is 5.69 Å². The monoisotopic (exact) mass is 320 g/mol. The van der Waals surface area contributed by atoms with Gasteiger partial charge in [-0.3, -0.25) is 9.59 Å². The Morgan fingerprint density at radius 1 is 1.45 bits per heavy atom. The summed E-state index contributed by atoms with van der Waals surface area (Å²) in [6, 6.07) is -0.499. The Bertz CT molecular complexity index is 695. The molecule has 1 atom stereocenters. The van der Waals surface area contributed by atoms with Crippen molar-refractivity contribution >= 4 is 28.3 Å². The first-order valence-corrected chi connectivity index (χ1v) is 7.89. The van der Waals surface area contributed by atoms with Gasteiger partial charge < -0.3 is 14.6 Å². The molecule has 1 saturated heterocycles. The zero-order valence-electron chi connectivity index (χ0n) is 12.3. The predicted molar refractivity (Wildman–Crippen MR) is 80.8 cm³/mol. The largest absolute Gasteiger partial charge is 0.436 e. The SMILES string of the molecule is Cc1nc(C)c(C(=O)N2CCCC2C(=O)Nc2nccs2)o1. The minimum Gasteiger partial charge on any atom is -0.436 e. The van der Waals surface area contributed by atoms with Crippen LogP contribution < -0.4 is 5.32 Å². The standard InChI is InChI=1S/C14H16N4O3S/c1-8-11(21-9(2)16-8)13(20)18-6-3-4-10(18)12(19)17-14-15-5-7-22-14/h5,7,10H,3-4,6H2,1-2H3,(H,15,17,19). The first kappa shape index (κ1) is 14.7. The van der Waals surface area contributed by atoms with Crippen LogP contribution in [0.4, 0.5) is 5.13 Å². The van der Waals surface area contributed by atoms with Gasteiger partial charge in [-0.1, -0.05) is 0 Å². The van der Waals surface area contributed by atoms with Crippen LogP contribution in [0.15, 0.2) is 16.0 Å². The van der Waals surface area contributed by atoms with E-state index in [0.29, 0.717) is 29.7 Å². The first-order valence-electron chi connectivity index (χ1n) is 7.01. The molecular weight excluding hydrogens is 304 g/mol. The number of amides is 2. The Morgan fingerprint density at radius 3 is 2.91 bits per heavy atom. The van der Waals surface area contributed by atoms with Crippen molar-refractivity contribution in [1.29, 1.82) is 0 Å². The second-order valence-corrected chi connectivity index (χ2v) is 6.03. The second kappa shape index (κ2) is 5.88. The highest BCUT2D eigenvalue weighted by molar-refractivity contribution is 7.13. The lowest BCUT2D eigenvalue weighted by Crippen LogP contribution is -2.43. The highest BCUT2D eigenvalue weighted by Crippen LogP contribution is 2.23. The number of likely N-dealkylation sites (tertiary alicyclic amines) is 1. The van der Waals surface area contributed by atoms with Gasteiger partial charge in [0, 0.05) is 25.0 Å². The highest BCUT2D eigenvalue weighted by atomic mass is 32.1. The van der Waals surface area contributed by atoms with Crippen LogP contribution in [0.3, 0.4) is 0 Å². The Balaban J connectivity index is 1.76. The summed E-state index contributed by atoms with van der Waals surface area (Å²) in [5.74, 6) is 0.167. The van der Waals surface area contributed by atoms with Gasteiger partial charge in [-0.25, -0.2) is 9.97 Å². The van der Waals surface area contributed by atoms with E-state index in [1.165, 1.54) is 11.3 Å². The lowest BCUT2D eigenvalue weighted by atomic mass is 10.2. The van der Waals surface area contributed by atoms with Crippen molar-refractivity contribution in [2.24, 2.45) is 0 Å². The molecule has 0 aromatic carbocycles. The zero-order valence-corrected chi connectivity index (χ0v) is 13.1. The number of oxazole rings is 1. The van der Waals surface area contributed by atoms with E-state index in [1.54, 1.807) is 30.3 Å². The van der Waals surface area contributed by atoms with E-state index in [-0.39, 0.29) is 17.6 Å². The van der Waals surface area contributed by atoms with E-state index in [2.05, 4.69) is 15.3 Å². The summed E-state index contributed by atoms with van der Waals surface area (Å²) < 4.78 is 5.38. The molecule has 1 unspecified atom stereocenters. The van der Waals surface area contributed by atoms with Crippen molar-refractivity contribution in [3.05, 3.63) is 28.9 Å². The van der Waals surface area contributed by atoms with Crippen LogP contribution >= 0.6 is 11.3 Å². The van der Waals surface area contributed by atoms with E-state index in [0.717, 1.165) is 6.42 Å². The topological polar surface area (TPSA) is 88.3 Å². The molecule has 0 bridgehead atoms. The van der Waals surface area contributed by atoms with Crippen LogP contribution in [-0.2, 0) is 4.79 Å². The third kappa shape index (κ3) is 2.74. The molecule has 8 heteroatoms. The minimum atomic E-state index is -0.499. The summed E-state index contributed by atoms with van der Waals surface area (Å²) in [6.07, 6.45) is 3.04. The van der Waals surface area contributed by atoms with E-state index < -0.39 is 6.04 Å². The zero-order chi connectivity index (χ0) is 15.7. The molecule has 22 heavy (non-hydrogen) atoms. The smallest absolute Gasteiger partial charge is 0.292 e. The molecule has 0 spiro atoms. The molecule has 3 rings (SSSR count). The summed E-state index contributed by atoms with van der Waals surface area (Å²) in [5.41, 5.74) is 0.550. The number of rotatable bonds is 3. The Hall–Kier alpha value is -2.22. The molecule has 7 nitrogen and oxygen atoms in total. The molecule has 0 radical (unpaired) electrons. The maximum absolute atomic E-state index is 12.6. The number of thiazole rings is 1. The summed E-state index contributed by atoms with van der Waals surface area (Å²) in [4.78, 5) is 34.7. The van der Waals surface area contributed by atoms with Gasteiger partial charge in [0.15, 0.2) is 11.0 Å². The molecule has 2 amide bonds. The Kier molecular flexibility index (Phi) is 3.93. The van der Waals surface area contributed by atoms with Crippen LogP contribution in [0.2, 0.25) is 0 Å². The number of aromatic nitrogens is 2. The molecule has 0 aliphatic carbocycles. The Labute approximate surface area is 131 Å². The fourth-order valence-electron chi connectivity index (χ4n) is 2.62. The molecule has 0 saturated carbocycles. The molecule has 116 valence electrons. The molecule has 1 fully saturated rings. The molecular formula is C14H16N4O3S. The molecule has 2 aromatic heterocycles. The number of hydrogen-bond acceptors (Lipinski definition) is 6. The number of carbonyl (C=O) groups is 2. The van der Waals surface area contributed by atoms with E-state index in [9.17, 15) is 9.59 Å². The molecule has 3 heterocycles. The lowest BCUT2D eigenvalue weighted by Gasteiger charge is -2.22. The van der Waals surface area contributed by atoms with Crippen molar-refractivity contribution in [3.8, 4) is 0 Å². The number of nitrogens with zero attached hydrogens (tertiary/aromatic N) is 3. The average Bonchev–Trinajstić information content (AvgIpc) is 3.18. The predicted octanol–water partition coefficient (Wildman–Crippen LogP) is 1.99. The van der Waals surface area contributed by atoms with Gasteiger partial charge in [0.25, 0.3) is 5.91 Å². The van der Waals surface area contributed by atoms with Crippen LogP contribution in [0, 0.1) is 13.8 Å². The van der Waals surface area contributed by atoms with E-state index >= 15 is 0 Å². The minimum absolute atomic E-state index is 0.213. The maximum Gasteiger partial charge on any atom is 0.292 e. The van der Waals surface area contributed by atoms with Crippen molar-refractivity contribution in [3.63, 3.8) is 0 Å². The van der Waals surface area contributed by atoms with Gasteiger partial charge in [0.2, 0.25) is 11.7 Å². The fourth-order valence-corrected chi connectivity index (χ4v) is 3.15. The quantitative estimate of drug-likeness (QED) is 0.934. The van der Waals surface area contributed by atoms with E-state index in [1.807, 2.05) is 0 Å². The van der Waals surface area contributed by atoms with Crippen LogP contribution in [0.1, 0.15) is 35.0 Å².